The molecule has 0 aromatic carbocycles. The van der Waals surface area contributed by atoms with Crippen LogP contribution in [0.4, 0.5) is 0 Å². The number of hydrogen-bond acceptors (Lipinski definition) is 2. The van der Waals surface area contributed by atoms with E-state index < -0.39 is 0 Å². The molecule has 17 heavy (non-hydrogen) atoms. The Morgan fingerprint density at radius 1 is 1.24 bits per heavy atom. The van der Waals surface area contributed by atoms with Gasteiger partial charge in [-0.3, -0.25) is 4.79 Å². The maximum atomic E-state index is 11.9. The molecule has 0 aromatic heterocycles. The van der Waals surface area contributed by atoms with E-state index in [4.69, 9.17) is 5.73 Å². The van der Waals surface area contributed by atoms with Gasteiger partial charge in [0, 0.05) is 18.0 Å². The minimum absolute atomic E-state index is 0.127. The highest BCUT2D eigenvalue weighted by Crippen LogP contribution is 2.28. The van der Waals surface area contributed by atoms with Crippen LogP contribution in [-0.4, -0.2) is 17.5 Å². The Morgan fingerprint density at radius 3 is 2.35 bits per heavy atom. The number of carbonyl (C=O) groups excluding carboxylic acids is 1. The summed E-state index contributed by atoms with van der Waals surface area (Å²) >= 11 is 0. The fourth-order valence-electron chi connectivity index (χ4n) is 2.84. The quantitative estimate of drug-likeness (QED) is 0.776. The van der Waals surface area contributed by atoms with Gasteiger partial charge in [-0.25, -0.2) is 0 Å². The molecule has 1 fully saturated rings. The lowest BCUT2D eigenvalue weighted by Gasteiger charge is -2.33. The van der Waals surface area contributed by atoms with Crippen molar-refractivity contribution in [1.82, 2.24) is 5.32 Å². The van der Waals surface area contributed by atoms with Crippen molar-refractivity contribution in [2.45, 2.75) is 77.3 Å². The normalized spacial score (nSPS) is 21.2. The first-order valence-corrected chi connectivity index (χ1v) is 6.99. The van der Waals surface area contributed by atoms with Crippen LogP contribution in [0.3, 0.4) is 0 Å². The summed E-state index contributed by atoms with van der Waals surface area (Å²) in [4.78, 5) is 11.9. The molecular weight excluding hydrogens is 212 g/mol. The van der Waals surface area contributed by atoms with Crippen molar-refractivity contribution in [2.75, 3.05) is 0 Å². The second kappa shape index (κ2) is 6.39. The van der Waals surface area contributed by atoms with Gasteiger partial charge >= 0.3 is 0 Å². The van der Waals surface area contributed by atoms with Crippen molar-refractivity contribution < 1.29 is 4.79 Å². The molecule has 0 saturated heterocycles. The third-order valence-corrected chi connectivity index (χ3v) is 3.59. The second-order valence-electron chi connectivity index (χ2n) is 6.20. The Hall–Kier alpha value is -0.570. The van der Waals surface area contributed by atoms with E-state index in [1.807, 2.05) is 0 Å². The fraction of sp³-hybridized carbons (Fsp3) is 0.929. The Labute approximate surface area is 106 Å². The molecule has 3 nitrogen and oxygen atoms in total. The lowest BCUT2D eigenvalue weighted by molar-refractivity contribution is -0.123. The number of nitrogens with two attached hydrogens (primary N) is 1. The van der Waals surface area contributed by atoms with E-state index in [9.17, 15) is 4.79 Å². The van der Waals surface area contributed by atoms with Gasteiger partial charge in [0.15, 0.2) is 0 Å². The topological polar surface area (TPSA) is 55.1 Å². The van der Waals surface area contributed by atoms with Gasteiger partial charge in [0.2, 0.25) is 5.91 Å². The van der Waals surface area contributed by atoms with Gasteiger partial charge in [0.1, 0.15) is 0 Å². The summed E-state index contributed by atoms with van der Waals surface area (Å²) in [6.45, 7) is 6.42. The Bertz CT molecular complexity index is 245. The molecule has 1 atom stereocenters. The molecule has 1 unspecified atom stereocenters. The summed E-state index contributed by atoms with van der Waals surface area (Å²) in [7, 11) is 0. The van der Waals surface area contributed by atoms with Gasteiger partial charge in [0.05, 0.1) is 0 Å². The van der Waals surface area contributed by atoms with Crippen LogP contribution in [0.5, 0.6) is 0 Å². The molecule has 3 heteroatoms. The number of nitrogens with one attached hydrogen (secondary N) is 1. The first-order chi connectivity index (χ1) is 7.91. The molecule has 1 rings (SSSR count). The highest BCUT2D eigenvalue weighted by atomic mass is 16.1. The molecule has 1 amide bonds. The van der Waals surface area contributed by atoms with Crippen molar-refractivity contribution >= 4 is 5.91 Å². The van der Waals surface area contributed by atoms with Crippen LogP contribution in [0.2, 0.25) is 0 Å². The zero-order valence-corrected chi connectivity index (χ0v) is 11.6. The van der Waals surface area contributed by atoms with E-state index in [2.05, 4.69) is 26.1 Å². The molecule has 0 aromatic rings. The van der Waals surface area contributed by atoms with Crippen LogP contribution in [0, 0.1) is 5.92 Å². The summed E-state index contributed by atoms with van der Waals surface area (Å²) < 4.78 is 0. The van der Waals surface area contributed by atoms with Crippen LogP contribution in [-0.2, 0) is 4.79 Å². The average molecular weight is 240 g/mol. The lowest BCUT2D eigenvalue weighted by Crippen LogP contribution is -2.47. The van der Waals surface area contributed by atoms with Crippen molar-refractivity contribution in [1.29, 1.82) is 0 Å². The van der Waals surface area contributed by atoms with Gasteiger partial charge in [-0.1, -0.05) is 33.1 Å². The second-order valence-corrected chi connectivity index (χ2v) is 6.20. The molecule has 1 aliphatic carbocycles. The molecule has 1 aliphatic rings. The van der Waals surface area contributed by atoms with E-state index >= 15 is 0 Å². The van der Waals surface area contributed by atoms with Gasteiger partial charge < -0.3 is 11.1 Å². The summed E-state index contributed by atoms with van der Waals surface area (Å²) in [5.74, 6) is 0.745. The van der Waals surface area contributed by atoms with E-state index in [1.165, 1.54) is 19.3 Å². The first kappa shape index (κ1) is 14.5. The Kier molecular flexibility index (Phi) is 5.44. The predicted molar refractivity (Wildman–Crippen MR) is 71.7 cm³/mol. The van der Waals surface area contributed by atoms with Gasteiger partial charge in [0.25, 0.3) is 0 Å². The van der Waals surface area contributed by atoms with Crippen LogP contribution < -0.4 is 11.1 Å². The predicted octanol–water partition coefficient (Wildman–Crippen LogP) is 2.59. The highest BCUT2D eigenvalue weighted by Gasteiger charge is 2.30. The largest absolute Gasteiger partial charge is 0.354 e. The maximum Gasteiger partial charge on any atom is 0.222 e. The fourth-order valence-corrected chi connectivity index (χ4v) is 2.84. The zero-order chi connectivity index (χ0) is 12.9. The number of hydrogen-bond donors (Lipinski definition) is 2. The van der Waals surface area contributed by atoms with Gasteiger partial charge in [-0.15, -0.1) is 0 Å². The van der Waals surface area contributed by atoms with E-state index in [0.29, 0.717) is 12.3 Å². The molecule has 0 radical (unpaired) electrons. The Balaban J connectivity index is 2.33. The summed E-state index contributed by atoms with van der Waals surface area (Å²) in [6, 6.07) is 0.259. The molecule has 1 saturated carbocycles. The summed E-state index contributed by atoms with van der Waals surface area (Å²) in [5.41, 5.74) is 6.04. The minimum Gasteiger partial charge on any atom is -0.354 e. The van der Waals surface area contributed by atoms with Crippen molar-refractivity contribution in [3.8, 4) is 0 Å². The lowest BCUT2D eigenvalue weighted by atomic mass is 9.80. The summed E-state index contributed by atoms with van der Waals surface area (Å²) in [6.07, 6.45) is 7.14. The third-order valence-electron chi connectivity index (χ3n) is 3.59. The van der Waals surface area contributed by atoms with Crippen LogP contribution >= 0.6 is 0 Å². The average Bonchev–Trinajstić information content (AvgIpc) is 2.15. The maximum absolute atomic E-state index is 11.9. The smallest absolute Gasteiger partial charge is 0.222 e. The SMILES string of the molecule is CC(C)CC(C)NC(=O)CC1(N)CCCCC1. The van der Waals surface area contributed by atoms with Gasteiger partial charge in [-0.05, 0) is 32.1 Å². The van der Waals surface area contributed by atoms with Crippen LogP contribution in [0.1, 0.15) is 65.7 Å². The molecule has 0 aliphatic heterocycles. The van der Waals surface area contributed by atoms with E-state index in [0.717, 1.165) is 19.3 Å². The highest BCUT2D eigenvalue weighted by molar-refractivity contribution is 5.77. The molecule has 0 spiro atoms. The molecule has 3 N–H and O–H groups in total. The van der Waals surface area contributed by atoms with Crippen molar-refractivity contribution in [3.63, 3.8) is 0 Å². The Morgan fingerprint density at radius 2 is 1.82 bits per heavy atom. The molecular formula is C14H28N2O. The van der Waals surface area contributed by atoms with Crippen LogP contribution in [0.15, 0.2) is 0 Å². The molecule has 0 heterocycles. The van der Waals surface area contributed by atoms with E-state index in [-0.39, 0.29) is 17.5 Å². The van der Waals surface area contributed by atoms with Crippen LogP contribution in [0.25, 0.3) is 0 Å². The number of rotatable bonds is 5. The minimum atomic E-state index is -0.236. The molecule has 0 bridgehead atoms. The molecule has 100 valence electrons. The van der Waals surface area contributed by atoms with Crippen molar-refractivity contribution in [3.05, 3.63) is 0 Å². The van der Waals surface area contributed by atoms with Crippen molar-refractivity contribution in [2.24, 2.45) is 11.7 Å². The van der Waals surface area contributed by atoms with Gasteiger partial charge in [-0.2, -0.15) is 0 Å². The first-order valence-electron chi connectivity index (χ1n) is 6.99. The standard InChI is InChI=1S/C14H28N2O/c1-11(2)9-12(3)16-13(17)10-14(15)7-5-4-6-8-14/h11-12H,4-10,15H2,1-3H3,(H,16,17). The van der Waals surface area contributed by atoms with E-state index in [1.54, 1.807) is 0 Å². The number of carbonyl (C=O) groups is 1. The monoisotopic (exact) mass is 240 g/mol. The zero-order valence-electron chi connectivity index (χ0n) is 11.6. The summed E-state index contributed by atoms with van der Waals surface area (Å²) in [5, 5.41) is 3.06. The third kappa shape index (κ3) is 5.53. The number of amides is 1.